The fourth-order valence-electron chi connectivity index (χ4n) is 1.99. The normalized spacial score (nSPS) is 15.8. The van der Waals surface area contributed by atoms with E-state index in [4.69, 9.17) is 14.6 Å². The first-order valence-corrected chi connectivity index (χ1v) is 6.28. The summed E-state index contributed by atoms with van der Waals surface area (Å²) in [5, 5.41) is 8.69. The number of rotatable bonds is 4. The number of fused-ring (bicyclic) bond motifs is 1. The quantitative estimate of drug-likeness (QED) is 0.892. The van der Waals surface area contributed by atoms with Gasteiger partial charge in [-0.2, -0.15) is 0 Å². The molecular formula is C14H18O4. The summed E-state index contributed by atoms with van der Waals surface area (Å²) < 4.78 is 11.2. The van der Waals surface area contributed by atoms with Gasteiger partial charge in [0, 0.05) is 12.8 Å². The molecule has 0 saturated carbocycles. The van der Waals surface area contributed by atoms with E-state index in [0.29, 0.717) is 19.6 Å². The van der Waals surface area contributed by atoms with Crippen molar-refractivity contribution < 1.29 is 19.4 Å². The number of hydrogen-bond acceptors (Lipinski definition) is 3. The van der Waals surface area contributed by atoms with Crippen molar-refractivity contribution >= 4 is 5.97 Å². The Kier molecular flexibility index (Phi) is 4.07. The Labute approximate surface area is 107 Å². The van der Waals surface area contributed by atoms with Crippen LogP contribution in [0.4, 0.5) is 0 Å². The SMILES string of the molecule is CC(CCC(=O)O)c1ccc2c(c1)OCCCO2. The van der Waals surface area contributed by atoms with Crippen LogP contribution in [-0.2, 0) is 4.79 Å². The second-order valence-electron chi connectivity index (χ2n) is 4.59. The topological polar surface area (TPSA) is 55.8 Å². The summed E-state index contributed by atoms with van der Waals surface area (Å²) in [6.45, 7) is 3.38. The van der Waals surface area contributed by atoms with Crippen molar-refractivity contribution in [3.63, 3.8) is 0 Å². The molecule has 0 aromatic heterocycles. The zero-order chi connectivity index (χ0) is 13.0. The lowest BCUT2D eigenvalue weighted by Crippen LogP contribution is -2.01. The fraction of sp³-hybridized carbons (Fsp3) is 0.500. The molecule has 0 aliphatic carbocycles. The number of carboxylic acid groups (broad SMARTS) is 1. The summed E-state index contributed by atoms with van der Waals surface area (Å²) in [6.07, 6.45) is 1.71. The van der Waals surface area contributed by atoms with Crippen LogP contribution in [0.1, 0.15) is 37.7 Å². The summed E-state index contributed by atoms with van der Waals surface area (Å²) in [5.41, 5.74) is 1.10. The van der Waals surface area contributed by atoms with Crippen LogP contribution in [0.25, 0.3) is 0 Å². The van der Waals surface area contributed by atoms with Crippen molar-refractivity contribution in [3.8, 4) is 11.5 Å². The maximum atomic E-state index is 10.6. The molecule has 1 N–H and O–H groups in total. The molecule has 1 aromatic rings. The molecule has 1 aliphatic rings. The van der Waals surface area contributed by atoms with Gasteiger partial charge in [-0.15, -0.1) is 0 Å². The number of ether oxygens (including phenoxy) is 2. The lowest BCUT2D eigenvalue weighted by molar-refractivity contribution is -0.137. The van der Waals surface area contributed by atoms with Crippen LogP contribution in [0.15, 0.2) is 18.2 Å². The molecule has 0 radical (unpaired) electrons. The maximum Gasteiger partial charge on any atom is 0.303 e. The molecule has 0 fully saturated rings. The van der Waals surface area contributed by atoms with Crippen LogP contribution in [-0.4, -0.2) is 24.3 Å². The van der Waals surface area contributed by atoms with Crippen LogP contribution in [0.5, 0.6) is 11.5 Å². The largest absolute Gasteiger partial charge is 0.490 e. The smallest absolute Gasteiger partial charge is 0.303 e. The number of hydrogen-bond donors (Lipinski definition) is 1. The van der Waals surface area contributed by atoms with Crippen molar-refractivity contribution in [1.82, 2.24) is 0 Å². The van der Waals surface area contributed by atoms with E-state index in [1.165, 1.54) is 0 Å². The van der Waals surface area contributed by atoms with Crippen LogP contribution < -0.4 is 9.47 Å². The Morgan fingerprint density at radius 1 is 1.33 bits per heavy atom. The molecule has 1 unspecified atom stereocenters. The third kappa shape index (κ3) is 3.15. The number of carboxylic acids is 1. The van der Waals surface area contributed by atoms with Gasteiger partial charge >= 0.3 is 5.97 Å². The summed E-state index contributed by atoms with van der Waals surface area (Å²) >= 11 is 0. The predicted molar refractivity (Wildman–Crippen MR) is 67.3 cm³/mol. The van der Waals surface area contributed by atoms with Crippen LogP contribution in [0, 0.1) is 0 Å². The summed E-state index contributed by atoms with van der Waals surface area (Å²) in [4.78, 5) is 10.6. The van der Waals surface area contributed by atoms with E-state index < -0.39 is 5.97 Å². The number of benzene rings is 1. The summed E-state index contributed by atoms with van der Waals surface area (Å²) in [5.74, 6) is 1.00. The average molecular weight is 250 g/mol. The van der Waals surface area contributed by atoms with Gasteiger partial charge in [0.15, 0.2) is 11.5 Å². The Morgan fingerprint density at radius 3 is 2.78 bits per heavy atom. The first-order chi connectivity index (χ1) is 8.66. The highest BCUT2D eigenvalue weighted by Crippen LogP contribution is 2.33. The molecule has 0 amide bonds. The summed E-state index contributed by atoms with van der Waals surface area (Å²) in [6, 6.07) is 5.86. The van der Waals surface area contributed by atoms with Crippen molar-refractivity contribution in [3.05, 3.63) is 23.8 Å². The van der Waals surface area contributed by atoms with Gasteiger partial charge < -0.3 is 14.6 Å². The highest BCUT2D eigenvalue weighted by atomic mass is 16.5. The lowest BCUT2D eigenvalue weighted by Gasteiger charge is -2.14. The Balaban J connectivity index is 2.09. The van der Waals surface area contributed by atoms with E-state index in [-0.39, 0.29) is 12.3 Å². The molecule has 98 valence electrons. The van der Waals surface area contributed by atoms with Crippen molar-refractivity contribution in [2.24, 2.45) is 0 Å². The molecule has 4 nitrogen and oxygen atoms in total. The number of carbonyl (C=O) groups is 1. The molecule has 1 atom stereocenters. The minimum Gasteiger partial charge on any atom is -0.490 e. The highest BCUT2D eigenvalue weighted by Gasteiger charge is 2.14. The van der Waals surface area contributed by atoms with Crippen LogP contribution >= 0.6 is 0 Å². The fourth-order valence-corrected chi connectivity index (χ4v) is 1.99. The molecule has 0 spiro atoms. The predicted octanol–water partition coefficient (Wildman–Crippen LogP) is 2.82. The lowest BCUT2D eigenvalue weighted by atomic mass is 9.96. The molecule has 2 rings (SSSR count). The molecule has 1 aromatic carbocycles. The molecule has 1 aliphatic heterocycles. The van der Waals surface area contributed by atoms with Gasteiger partial charge in [0.05, 0.1) is 13.2 Å². The van der Waals surface area contributed by atoms with Gasteiger partial charge in [-0.3, -0.25) is 4.79 Å². The van der Waals surface area contributed by atoms with Gasteiger partial charge in [-0.1, -0.05) is 13.0 Å². The van der Waals surface area contributed by atoms with E-state index in [2.05, 4.69) is 0 Å². The first-order valence-electron chi connectivity index (χ1n) is 6.28. The van der Waals surface area contributed by atoms with Gasteiger partial charge in [0.2, 0.25) is 0 Å². The third-order valence-corrected chi connectivity index (χ3v) is 3.13. The Morgan fingerprint density at radius 2 is 2.06 bits per heavy atom. The summed E-state index contributed by atoms with van der Waals surface area (Å²) in [7, 11) is 0. The second kappa shape index (κ2) is 5.76. The number of aliphatic carboxylic acids is 1. The van der Waals surface area contributed by atoms with Crippen LogP contribution in [0.3, 0.4) is 0 Å². The maximum absolute atomic E-state index is 10.6. The van der Waals surface area contributed by atoms with E-state index >= 15 is 0 Å². The van der Waals surface area contributed by atoms with Gasteiger partial charge in [0.1, 0.15) is 0 Å². The van der Waals surface area contributed by atoms with Crippen molar-refractivity contribution in [1.29, 1.82) is 0 Å². The Bertz CT molecular complexity index is 428. The zero-order valence-corrected chi connectivity index (χ0v) is 10.5. The third-order valence-electron chi connectivity index (χ3n) is 3.13. The second-order valence-corrected chi connectivity index (χ2v) is 4.59. The van der Waals surface area contributed by atoms with E-state index in [1.54, 1.807) is 0 Å². The molecule has 0 saturated heterocycles. The highest BCUT2D eigenvalue weighted by molar-refractivity contribution is 5.66. The van der Waals surface area contributed by atoms with Gasteiger partial charge in [-0.25, -0.2) is 0 Å². The molecular weight excluding hydrogens is 232 g/mol. The molecule has 0 bridgehead atoms. The van der Waals surface area contributed by atoms with Crippen LogP contribution in [0.2, 0.25) is 0 Å². The minimum absolute atomic E-state index is 0.190. The van der Waals surface area contributed by atoms with E-state index in [9.17, 15) is 4.79 Å². The van der Waals surface area contributed by atoms with Gasteiger partial charge in [-0.05, 0) is 30.0 Å². The van der Waals surface area contributed by atoms with Crippen molar-refractivity contribution in [2.75, 3.05) is 13.2 Å². The van der Waals surface area contributed by atoms with E-state index in [0.717, 1.165) is 23.5 Å². The molecule has 18 heavy (non-hydrogen) atoms. The van der Waals surface area contributed by atoms with E-state index in [1.807, 2.05) is 25.1 Å². The molecule has 4 heteroatoms. The Hall–Kier alpha value is -1.71. The standard InChI is InChI=1S/C14H18O4/c1-10(3-6-14(15)16)11-4-5-12-13(9-11)18-8-2-7-17-12/h4-5,9-10H,2-3,6-8H2,1H3,(H,15,16). The first kappa shape index (κ1) is 12.7. The average Bonchev–Trinajstić information content (AvgIpc) is 2.60. The zero-order valence-electron chi connectivity index (χ0n) is 10.5. The molecule has 1 heterocycles. The van der Waals surface area contributed by atoms with Crippen molar-refractivity contribution in [2.45, 2.75) is 32.1 Å². The minimum atomic E-state index is -0.754. The monoisotopic (exact) mass is 250 g/mol. The van der Waals surface area contributed by atoms with Gasteiger partial charge in [0.25, 0.3) is 0 Å².